The third kappa shape index (κ3) is 2.81. The molecule has 0 spiro atoms. The van der Waals surface area contributed by atoms with Crippen LogP contribution in [0.2, 0.25) is 0 Å². The molecule has 0 aliphatic heterocycles. The molecule has 1 aliphatic carbocycles. The lowest BCUT2D eigenvalue weighted by Crippen LogP contribution is -2.31. The zero-order valence-electron chi connectivity index (χ0n) is 11.5. The van der Waals surface area contributed by atoms with E-state index in [1.807, 2.05) is 0 Å². The Kier molecular flexibility index (Phi) is 4.52. The second-order valence-corrected chi connectivity index (χ2v) is 5.60. The lowest BCUT2D eigenvalue weighted by atomic mass is 9.76. The van der Waals surface area contributed by atoms with Gasteiger partial charge in [-0.25, -0.2) is 0 Å². The molecule has 1 atom stereocenters. The van der Waals surface area contributed by atoms with E-state index < -0.39 is 0 Å². The van der Waals surface area contributed by atoms with Crippen LogP contribution < -0.4 is 4.74 Å². The van der Waals surface area contributed by atoms with Gasteiger partial charge in [-0.15, -0.1) is 11.6 Å². The van der Waals surface area contributed by atoms with Gasteiger partial charge in [0.1, 0.15) is 5.75 Å². The van der Waals surface area contributed by atoms with Gasteiger partial charge in [-0.2, -0.15) is 0 Å². The molecule has 0 saturated carbocycles. The third-order valence-corrected chi connectivity index (χ3v) is 4.04. The van der Waals surface area contributed by atoms with Gasteiger partial charge in [0.25, 0.3) is 0 Å². The fourth-order valence-corrected chi connectivity index (χ4v) is 2.85. The van der Waals surface area contributed by atoms with Crippen LogP contribution in [0.1, 0.15) is 29.0 Å². The van der Waals surface area contributed by atoms with Crippen LogP contribution in [-0.2, 0) is 6.42 Å². The van der Waals surface area contributed by atoms with Crippen LogP contribution in [0.15, 0.2) is 12.1 Å². The first-order valence-electron chi connectivity index (χ1n) is 6.57. The van der Waals surface area contributed by atoms with Crippen LogP contribution >= 0.6 is 11.6 Å². The summed E-state index contributed by atoms with van der Waals surface area (Å²) in [6, 6.07) is 4.48. The molecule has 1 aromatic rings. The number of rotatable bonds is 6. The quantitative estimate of drug-likeness (QED) is 0.734. The highest BCUT2D eigenvalue weighted by Gasteiger charge is 2.28. The minimum atomic E-state index is 0.685. The smallest absolute Gasteiger partial charge is 0.122 e. The van der Waals surface area contributed by atoms with Crippen molar-refractivity contribution < 1.29 is 4.74 Å². The van der Waals surface area contributed by atoms with E-state index >= 15 is 0 Å². The summed E-state index contributed by atoms with van der Waals surface area (Å²) in [6.07, 6.45) is 2.25. The second kappa shape index (κ2) is 5.94. The number of alkyl halides is 1. The predicted octanol–water partition coefficient (Wildman–Crippen LogP) is 3.20. The van der Waals surface area contributed by atoms with Crippen molar-refractivity contribution in [2.24, 2.45) is 0 Å². The molecule has 0 fully saturated rings. The minimum absolute atomic E-state index is 0.685. The van der Waals surface area contributed by atoms with E-state index in [1.165, 1.54) is 23.1 Å². The number of likely N-dealkylation sites (N-methyl/N-ethyl adjacent to an activating group) is 1. The number of methoxy groups -OCH3 is 1. The van der Waals surface area contributed by atoms with Gasteiger partial charge in [-0.1, -0.05) is 6.07 Å². The largest absolute Gasteiger partial charge is 0.496 e. The fourth-order valence-electron chi connectivity index (χ4n) is 2.73. The highest BCUT2D eigenvalue weighted by Crippen LogP contribution is 2.39. The van der Waals surface area contributed by atoms with Gasteiger partial charge in [0.2, 0.25) is 0 Å². The average Bonchev–Trinajstić information content (AvgIpc) is 2.35. The molecule has 2 nitrogen and oxygen atoms in total. The van der Waals surface area contributed by atoms with Crippen LogP contribution in [0.3, 0.4) is 0 Å². The molecule has 0 saturated heterocycles. The molecule has 3 heteroatoms. The molecule has 100 valence electrons. The van der Waals surface area contributed by atoms with Crippen LogP contribution in [0.4, 0.5) is 0 Å². The van der Waals surface area contributed by atoms with E-state index in [9.17, 15) is 0 Å². The Hall–Kier alpha value is -0.730. The standard InChI is InChI=1S/C15H22ClNO/c1-11-7-14-12(9-15(11)18-3)8-13(14)10-17(2)6-4-5-16/h7,9,13H,4-6,8,10H2,1-3H3/t13-/m1/s1. The van der Waals surface area contributed by atoms with Gasteiger partial charge in [-0.05, 0) is 56.1 Å². The molecule has 0 amide bonds. The molecule has 1 aliphatic rings. The number of ether oxygens (including phenoxy) is 1. The van der Waals surface area contributed by atoms with Crippen molar-refractivity contribution in [1.29, 1.82) is 0 Å². The lowest BCUT2D eigenvalue weighted by molar-refractivity contribution is 0.299. The first kappa shape index (κ1) is 13.7. The summed E-state index contributed by atoms with van der Waals surface area (Å²) in [5.74, 6) is 2.45. The molecule has 0 radical (unpaired) electrons. The van der Waals surface area contributed by atoms with Gasteiger partial charge in [0, 0.05) is 18.3 Å². The Balaban J connectivity index is 1.98. The van der Waals surface area contributed by atoms with E-state index in [-0.39, 0.29) is 0 Å². The van der Waals surface area contributed by atoms with Crippen LogP contribution in [0, 0.1) is 6.92 Å². The van der Waals surface area contributed by atoms with Crippen molar-refractivity contribution in [2.75, 3.05) is 33.1 Å². The fraction of sp³-hybridized carbons (Fsp3) is 0.600. The van der Waals surface area contributed by atoms with Gasteiger partial charge >= 0.3 is 0 Å². The number of nitrogens with zero attached hydrogens (tertiary/aromatic N) is 1. The van der Waals surface area contributed by atoms with Crippen molar-refractivity contribution in [3.63, 3.8) is 0 Å². The molecule has 0 unspecified atom stereocenters. The number of fused-ring (bicyclic) bond motifs is 1. The van der Waals surface area contributed by atoms with Crippen LogP contribution in [0.25, 0.3) is 0 Å². The number of hydrogen-bond donors (Lipinski definition) is 0. The summed E-state index contributed by atoms with van der Waals surface area (Å²) in [5, 5.41) is 0. The highest BCUT2D eigenvalue weighted by atomic mass is 35.5. The number of aryl methyl sites for hydroxylation is 1. The van der Waals surface area contributed by atoms with Crippen LogP contribution in [-0.4, -0.2) is 38.0 Å². The van der Waals surface area contributed by atoms with Crippen molar-refractivity contribution in [2.45, 2.75) is 25.7 Å². The van der Waals surface area contributed by atoms with E-state index in [0.29, 0.717) is 5.92 Å². The zero-order valence-corrected chi connectivity index (χ0v) is 12.3. The molecular formula is C15H22ClNO. The van der Waals surface area contributed by atoms with E-state index in [4.69, 9.17) is 16.3 Å². The Morgan fingerprint density at radius 1 is 1.44 bits per heavy atom. The van der Waals surface area contributed by atoms with Crippen molar-refractivity contribution >= 4 is 11.6 Å². The minimum Gasteiger partial charge on any atom is -0.496 e. The SMILES string of the molecule is COc1cc2c(cc1C)[C@@H](CN(C)CCCCl)C2. The predicted molar refractivity (Wildman–Crippen MR) is 77.0 cm³/mol. The summed E-state index contributed by atoms with van der Waals surface area (Å²) >= 11 is 5.72. The second-order valence-electron chi connectivity index (χ2n) is 5.23. The molecule has 0 heterocycles. The van der Waals surface area contributed by atoms with Gasteiger partial charge < -0.3 is 9.64 Å². The summed E-state index contributed by atoms with van der Waals surface area (Å²) in [6.45, 7) is 4.34. The Morgan fingerprint density at radius 3 is 2.89 bits per heavy atom. The number of halogens is 1. The van der Waals surface area contributed by atoms with Gasteiger partial charge in [0.15, 0.2) is 0 Å². The lowest BCUT2D eigenvalue weighted by Gasteiger charge is -2.34. The summed E-state index contributed by atoms with van der Waals surface area (Å²) < 4.78 is 5.36. The maximum atomic E-state index is 5.72. The van der Waals surface area contributed by atoms with Gasteiger partial charge in [0.05, 0.1) is 7.11 Å². The Bertz CT molecular complexity index is 419. The van der Waals surface area contributed by atoms with E-state index in [1.54, 1.807) is 7.11 Å². The number of benzene rings is 1. The molecule has 0 N–H and O–H groups in total. The van der Waals surface area contributed by atoms with Crippen molar-refractivity contribution in [3.05, 3.63) is 28.8 Å². The zero-order chi connectivity index (χ0) is 13.1. The summed E-state index contributed by atoms with van der Waals surface area (Å²) in [5.41, 5.74) is 4.20. The molecule has 0 aromatic heterocycles. The summed E-state index contributed by atoms with van der Waals surface area (Å²) in [4.78, 5) is 2.38. The Morgan fingerprint density at radius 2 is 2.22 bits per heavy atom. The molecule has 18 heavy (non-hydrogen) atoms. The molecule has 2 rings (SSSR count). The first-order chi connectivity index (χ1) is 8.65. The monoisotopic (exact) mass is 267 g/mol. The molecular weight excluding hydrogens is 246 g/mol. The first-order valence-corrected chi connectivity index (χ1v) is 7.11. The van der Waals surface area contributed by atoms with Crippen molar-refractivity contribution in [1.82, 2.24) is 4.90 Å². The third-order valence-electron chi connectivity index (χ3n) is 3.77. The normalized spacial score (nSPS) is 17.5. The molecule has 1 aromatic carbocycles. The maximum absolute atomic E-state index is 5.72. The van der Waals surface area contributed by atoms with Gasteiger partial charge in [-0.3, -0.25) is 0 Å². The number of hydrogen-bond acceptors (Lipinski definition) is 2. The average molecular weight is 268 g/mol. The molecule has 0 bridgehead atoms. The van der Waals surface area contributed by atoms with Crippen molar-refractivity contribution in [3.8, 4) is 5.75 Å². The Labute approximate surface area is 115 Å². The summed E-state index contributed by atoms with van der Waals surface area (Å²) in [7, 11) is 3.92. The highest BCUT2D eigenvalue weighted by molar-refractivity contribution is 6.17. The maximum Gasteiger partial charge on any atom is 0.122 e. The van der Waals surface area contributed by atoms with Crippen LogP contribution in [0.5, 0.6) is 5.75 Å². The van der Waals surface area contributed by atoms with E-state index in [2.05, 4.69) is 31.0 Å². The topological polar surface area (TPSA) is 12.5 Å². The van der Waals surface area contributed by atoms with E-state index in [0.717, 1.165) is 31.1 Å².